The molecule has 6 heteroatoms. The first-order valence-electron chi connectivity index (χ1n) is 10.9. The normalized spacial score (nSPS) is 48.7. The van der Waals surface area contributed by atoms with E-state index < -0.39 is 17.0 Å². The standard InChI is InChI=1S/C21H37NO5/c1-6-22(7-2)12-13-23-14-19(4)17-9-8-15(3)16-10-11-20(5)25-18(24-19)21(16,17)27-26-20/h15-18H,6-14H2,1-5H3/t15-,16+,17?,18-,19-,20-,21-/m1/s1. The maximum Gasteiger partial charge on any atom is 0.201 e. The zero-order valence-corrected chi connectivity index (χ0v) is 17.7. The van der Waals surface area contributed by atoms with Gasteiger partial charge in [0, 0.05) is 18.9 Å². The molecule has 0 amide bonds. The minimum atomic E-state index is -0.702. The number of nitrogens with zero attached hydrogens (tertiary/aromatic N) is 1. The Labute approximate surface area is 163 Å². The highest BCUT2D eigenvalue weighted by atomic mass is 17.3. The van der Waals surface area contributed by atoms with Crippen molar-refractivity contribution in [3.05, 3.63) is 0 Å². The molecule has 27 heavy (non-hydrogen) atoms. The lowest BCUT2D eigenvalue weighted by atomic mass is 9.60. The maximum atomic E-state index is 6.58. The van der Waals surface area contributed by atoms with Crippen LogP contribution in [0.15, 0.2) is 0 Å². The van der Waals surface area contributed by atoms with Gasteiger partial charge in [-0.1, -0.05) is 20.8 Å². The second-order valence-electron chi connectivity index (χ2n) is 9.37. The van der Waals surface area contributed by atoms with E-state index in [1.165, 1.54) is 6.42 Å². The third kappa shape index (κ3) is 3.17. The number of likely N-dealkylation sites (N-methyl/N-ethyl adjacent to an activating group) is 1. The molecule has 0 aromatic heterocycles. The van der Waals surface area contributed by atoms with E-state index in [1.807, 2.05) is 6.92 Å². The molecule has 1 aliphatic carbocycles. The zero-order chi connectivity index (χ0) is 19.3. The predicted octanol–water partition coefficient (Wildman–Crippen LogP) is 3.35. The van der Waals surface area contributed by atoms with Crippen LogP contribution in [0, 0.1) is 17.8 Å². The van der Waals surface area contributed by atoms with Crippen LogP contribution in [0.3, 0.4) is 0 Å². The molecule has 1 spiro atoms. The van der Waals surface area contributed by atoms with Gasteiger partial charge >= 0.3 is 0 Å². The topological polar surface area (TPSA) is 49.4 Å². The Morgan fingerprint density at radius 3 is 2.56 bits per heavy atom. The van der Waals surface area contributed by atoms with Crippen LogP contribution in [-0.4, -0.2) is 61.0 Å². The molecule has 156 valence electrons. The molecule has 5 aliphatic rings. The van der Waals surface area contributed by atoms with Gasteiger partial charge in [-0.05, 0) is 58.0 Å². The quantitative estimate of drug-likeness (QED) is 0.496. The summed E-state index contributed by atoms with van der Waals surface area (Å²) in [5.74, 6) is 0.521. The van der Waals surface area contributed by atoms with Crippen LogP contribution in [0.4, 0.5) is 0 Å². The molecule has 0 aromatic rings. The Hall–Kier alpha value is -0.240. The fraction of sp³-hybridized carbons (Fsp3) is 1.00. The second kappa shape index (κ2) is 7.22. The van der Waals surface area contributed by atoms with E-state index in [-0.39, 0.29) is 12.2 Å². The fourth-order valence-electron chi connectivity index (χ4n) is 5.95. The van der Waals surface area contributed by atoms with Gasteiger partial charge < -0.3 is 19.1 Å². The van der Waals surface area contributed by atoms with Gasteiger partial charge in [-0.3, -0.25) is 0 Å². The van der Waals surface area contributed by atoms with Crippen molar-refractivity contribution < 1.29 is 24.0 Å². The van der Waals surface area contributed by atoms with Crippen LogP contribution in [-0.2, 0) is 24.0 Å². The molecule has 4 saturated heterocycles. The molecule has 5 fully saturated rings. The van der Waals surface area contributed by atoms with E-state index in [0.29, 0.717) is 18.4 Å². The van der Waals surface area contributed by atoms with Crippen LogP contribution in [0.5, 0.6) is 0 Å². The molecule has 7 atom stereocenters. The Morgan fingerprint density at radius 2 is 1.81 bits per heavy atom. The second-order valence-corrected chi connectivity index (χ2v) is 9.37. The first-order valence-corrected chi connectivity index (χ1v) is 10.9. The minimum Gasteiger partial charge on any atom is -0.377 e. The molecule has 5 rings (SSSR count). The molecule has 1 saturated carbocycles. The average molecular weight is 384 g/mol. The number of hydrogen-bond donors (Lipinski definition) is 0. The number of rotatable bonds is 7. The Balaban J connectivity index is 1.50. The summed E-state index contributed by atoms with van der Waals surface area (Å²) >= 11 is 0. The van der Waals surface area contributed by atoms with E-state index >= 15 is 0 Å². The number of hydrogen-bond acceptors (Lipinski definition) is 6. The van der Waals surface area contributed by atoms with E-state index in [4.69, 9.17) is 24.0 Å². The van der Waals surface area contributed by atoms with Gasteiger partial charge in [-0.25, -0.2) is 9.78 Å². The van der Waals surface area contributed by atoms with Gasteiger partial charge in [0.1, 0.15) is 0 Å². The van der Waals surface area contributed by atoms with Gasteiger partial charge in [0.05, 0.1) is 18.8 Å². The Morgan fingerprint density at radius 1 is 1.04 bits per heavy atom. The molecule has 6 nitrogen and oxygen atoms in total. The summed E-state index contributed by atoms with van der Waals surface area (Å²) < 4.78 is 19.0. The van der Waals surface area contributed by atoms with Crippen LogP contribution >= 0.6 is 0 Å². The largest absolute Gasteiger partial charge is 0.377 e. The molecular weight excluding hydrogens is 346 g/mol. The van der Waals surface area contributed by atoms with Crippen molar-refractivity contribution in [3.8, 4) is 0 Å². The van der Waals surface area contributed by atoms with Crippen molar-refractivity contribution in [2.45, 2.75) is 83.6 Å². The molecule has 4 heterocycles. The molecule has 2 bridgehead atoms. The zero-order valence-electron chi connectivity index (χ0n) is 17.7. The summed E-state index contributed by atoms with van der Waals surface area (Å²) in [6.45, 7) is 15.2. The molecule has 0 radical (unpaired) electrons. The smallest absolute Gasteiger partial charge is 0.201 e. The van der Waals surface area contributed by atoms with E-state index in [1.54, 1.807) is 0 Å². The summed E-state index contributed by atoms with van der Waals surface area (Å²) in [7, 11) is 0. The van der Waals surface area contributed by atoms with Crippen molar-refractivity contribution in [2.75, 3.05) is 32.8 Å². The Bertz CT molecular complexity index is 543. The van der Waals surface area contributed by atoms with Crippen molar-refractivity contribution in [1.82, 2.24) is 4.90 Å². The van der Waals surface area contributed by atoms with Crippen LogP contribution in [0.25, 0.3) is 0 Å². The van der Waals surface area contributed by atoms with Crippen molar-refractivity contribution in [3.63, 3.8) is 0 Å². The average Bonchev–Trinajstić information content (AvgIpc) is 2.73. The number of ether oxygens (including phenoxy) is 3. The molecule has 0 N–H and O–H groups in total. The first-order chi connectivity index (χ1) is 12.9. The first kappa shape index (κ1) is 20.0. The van der Waals surface area contributed by atoms with Gasteiger partial charge in [0.15, 0.2) is 11.9 Å². The molecular formula is C21H37NO5. The monoisotopic (exact) mass is 383 g/mol. The summed E-state index contributed by atoms with van der Waals surface area (Å²) in [6, 6.07) is 0. The summed E-state index contributed by atoms with van der Waals surface area (Å²) in [5.41, 5.74) is -0.900. The summed E-state index contributed by atoms with van der Waals surface area (Å²) in [5, 5.41) is 0. The van der Waals surface area contributed by atoms with Crippen LogP contribution in [0.1, 0.15) is 60.3 Å². The summed E-state index contributed by atoms with van der Waals surface area (Å²) in [6.07, 6.45) is 3.81. The van der Waals surface area contributed by atoms with E-state index in [9.17, 15) is 0 Å². The van der Waals surface area contributed by atoms with Crippen molar-refractivity contribution >= 4 is 0 Å². The van der Waals surface area contributed by atoms with Crippen LogP contribution < -0.4 is 0 Å². The van der Waals surface area contributed by atoms with Gasteiger partial charge in [-0.2, -0.15) is 0 Å². The Kier molecular flexibility index (Phi) is 5.36. The number of fused-ring (bicyclic) bond motifs is 2. The van der Waals surface area contributed by atoms with Crippen LogP contribution in [0.2, 0.25) is 0 Å². The minimum absolute atomic E-state index is 0.229. The molecule has 0 aromatic carbocycles. The van der Waals surface area contributed by atoms with Crippen molar-refractivity contribution in [1.29, 1.82) is 0 Å². The van der Waals surface area contributed by atoms with E-state index in [2.05, 4.69) is 32.6 Å². The molecule has 4 aliphatic heterocycles. The van der Waals surface area contributed by atoms with E-state index in [0.717, 1.165) is 45.5 Å². The van der Waals surface area contributed by atoms with Gasteiger partial charge in [0.25, 0.3) is 0 Å². The lowest BCUT2D eigenvalue weighted by Crippen LogP contribution is -2.62. The lowest BCUT2D eigenvalue weighted by molar-refractivity contribution is -0.541. The molecule has 1 unspecified atom stereocenters. The summed E-state index contributed by atoms with van der Waals surface area (Å²) in [4.78, 5) is 14.4. The third-order valence-corrected chi connectivity index (χ3v) is 7.67. The van der Waals surface area contributed by atoms with Gasteiger partial charge in [-0.15, -0.1) is 0 Å². The predicted molar refractivity (Wildman–Crippen MR) is 101 cm³/mol. The maximum absolute atomic E-state index is 6.58. The van der Waals surface area contributed by atoms with Crippen molar-refractivity contribution in [2.24, 2.45) is 17.8 Å². The lowest BCUT2D eigenvalue weighted by Gasteiger charge is -2.50. The highest BCUT2D eigenvalue weighted by molar-refractivity contribution is 5.15. The SMILES string of the molecule is CCN(CC)CCOC[C@@]1(C)O[C@@H]2O[C@@]3(C)CC[C@H]4[C@H](C)CCC1[C@@]24OO3. The fourth-order valence-corrected chi connectivity index (χ4v) is 5.95. The highest BCUT2D eigenvalue weighted by Gasteiger charge is 2.73. The highest BCUT2D eigenvalue weighted by Crippen LogP contribution is 2.63. The van der Waals surface area contributed by atoms with Gasteiger partial charge in [0.2, 0.25) is 5.79 Å². The third-order valence-electron chi connectivity index (χ3n) is 7.67.